The van der Waals surface area contributed by atoms with E-state index in [1.54, 1.807) is 13.0 Å². The van der Waals surface area contributed by atoms with Gasteiger partial charge in [0.15, 0.2) is 12.1 Å². The quantitative estimate of drug-likeness (QED) is 0.377. The van der Waals surface area contributed by atoms with Crippen molar-refractivity contribution in [3.8, 4) is 0 Å². The van der Waals surface area contributed by atoms with E-state index in [-0.39, 0.29) is 23.7 Å². The number of carbonyl (C=O) groups excluding carboxylic acids is 1. The summed E-state index contributed by atoms with van der Waals surface area (Å²) in [6, 6.07) is 0. The SMILES string of the molecule is C[C@@H](O)/C=C/[C@H]1C(CO[C@@H]2O[C@H](CO)[C@H](O)[C@H](O)[C@H]2O)=CC(=O)CC1(C)C. The second-order valence-corrected chi connectivity index (χ2v) is 7.96. The van der Waals surface area contributed by atoms with Crippen LogP contribution in [0.3, 0.4) is 0 Å². The van der Waals surface area contributed by atoms with E-state index < -0.39 is 43.4 Å². The lowest BCUT2D eigenvalue weighted by Gasteiger charge is -2.41. The maximum Gasteiger partial charge on any atom is 0.187 e. The Morgan fingerprint density at radius 1 is 1.30 bits per heavy atom. The van der Waals surface area contributed by atoms with Crippen LogP contribution in [0.4, 0.5) is 0 Å². The zero-order valence-corrected chi connectivity index (χ0v) is 15.9. The molecule has 0 aromatic heterocycles. The summed E-state index contributed by atoms with van der Waals surface area (Å²) in [5.41, 5.74) is 0.274. The number of ketones is 1. The van der Waals surface area contributed by atoms with Crippen molar-refractivity contribution in [2.24, 2.45) is 11.3 Å². The van der Waals surface area contributed by atoms with Crippen LogP contribution >= 0.6 is 0 Å². The Bertz CT molecular complexity index is 580. The predicted octanol–water partition coefficient (Wildman–Crippen LogP) is -0.719. The van der Waals surface area contributed by atoms with Gasteiger partial charge in [-0.1, -0.05) is 26.0 Å². The molecule has 0 aromatic rings. The molecule has 0 bridgehead atoms. The van der Waals surface area contributed by atoms with Crippen LogP contribution in [0.2, 0.25) is 0 Å². The Labute approximate surface area is 158 Å². The van der Waals surface area contributed by atoms with E-state index in [2.05, 4.69) is 0 Å². The maximum atomic E-state index is 12.1. The molecule has 0 spiro atoms. The fraction of sp³-hybridized carbons (Fsp3) is 0.737. The standard InChI is InChI=1S/C19H30O8/c1-10(21)4-5-13-11(6-12(22)7-19(13,2)3)9-26-18-17(25)16(24)15(23)14(8-20)27-18/h4-6,10,13-18,20-21,23-25H,7-9H2,1-3H3/b5-4+/t10-,13+,14-,15+,16+,17-,18-/m1/s1. The Morgan fingerprint density at radius 2 is 1.96 bits per heavy atom. The van der Waals surface area contributed by atoms with Crippen molar-refractivity contribution in [2.45, 2.75) is 64.0 Å². The van der Waals surface area contributed by atoms with Gasteiger partial charge in [0.1, 0.15) is 24.4 Å². The van der Waals surface area contributed by atoms with E-state index in [0.717, 1.165) is 0 Å². The lowest BCUT2D eigenvalue weighted by molar-refractivity contribution is -0.299. The molecule has 0 radical (unpaired) electrons. The van der Waals surface area contributed by atoms with Gasteiger partial charge in [0.05, 0.1) is 19.3 Å². The second kappa shape index (κ2) is 8.91. The van der Waals surface area contributed by atoms with Crippen LogP contribution < -0.4 is 0 Å². The summed E-state index contributed by atoms with van der Waals surface area (Å²) in [4.78, 5) is 12.1. The third-order valence-corrected chi connectivity index (χ3v) is 5.06. The monoisotopic (exact) mass is 386 g/mol. The number of aliphatic hydroxyl groups is 5. The number of allylic oxidation sites excluding steroid dienone is 2. The normalized spacial score (nSPS) is 38.1. The first-order valence-corrected chi connectivity index (χ1v) is 9.08. The average molecular weight is 386 g/mol. The lowest BCUT2D eigenvalue weighted by Crippen LogP contribution is -2.59. The number of hydrogen-bond acceptors (Lipinski definition) is 8. The molecular formula is C19H30O8. The maximum absolute atomic E-state index is 12.1. The molecule has 7 atom stereocenters. The highest BCUT2D eigenvalue weighted by atomic mass is 16.7. The van der Waals surface area contributed by atoms with Crippen molar-refractivity contribution in [3.05, 3.63) is 23.8 Å². The minimum absolute atomic E-state index is 0.0471. The van der Waals surface area contributed by atoms with Crippen LogP contribution in [-0.4, -0.2) is 81.3 Å². The third kappa shape index (κ3) is 5.23. The molecule has 27 heavy (non-hydrogen) atoms. The molecule has 2 aliphatic rings. The van der Waals surface area contributed by atoms with Gasteiger partial charge in [-0.15, -0.1) is 0 Å². The van der Waals surface area contributed by atoms with Gasteiger partial charge >= 0.3 is 0 Å². The summed E-state index contributed by atoms with van der Waals surface area (Å²) < 4.78 is 10.9. The van der Waals surface area contributed by atoms with Gasteiger partial charge in [0, 0.05) is 12.3 Å². The first-order valence-electron chi connectivity index (χ1n) is 9.08. The van der Waals surface area contributed by atoms with E-state index in [0.29, 0.717) is 12.0 Å². The third-order valence-electron chi connectivity index (χ3n) is 5.06. The summed E-state index contributed by atoms with van der Waals surface area (Å²) in [5, 5.41) is 48.5. The Morgan fingerprint density at radius 3 is 2.56 bits per heavy atom. The molecule has 1 aliphatic heterocycles. The largest absolute Gasteiger partial charge is 0.394 e. The van der Waals surface area contributed by atoms with Gasteiger partial charge in [-0.2, -0.15) is 0 Å². The zero-order chi connectivity index (χ0) is 20.4. The molecule has 0 unspecified atom stereocenters. The van der Waals surface area contributed by atoms with Crippen molar-refractivity contribution in [1.82, 2.24) is 0 Å². The molecule has 0 aromatic carbocycles. The van der Waals surface area contributed by atoms with Gasteiger partial charge in [-0.25, -0.2) is 0 Å². The first-order chi connectivity index (χ1) is 12.6. The van der Waals surface area contributed by atoms with Crippen molar-refractivity contribution >= 4 is 5.78 Å². The van der Waals surface area contributed by atoms with E-state index in [1.165, 1.54) is 6.08 Å². The molecule has 1 fully saturated rings. The molecule has 5 N–H and O–H groups in total. The smallest absolute Gasteiger partial charge is 0.187 e. The number of ether oxygens (including phenoxy) is 2. The van der Waals surface area contributed by atoms with E-state index >= 15 is 0 Å². The predicted molar refractivity (Wildman–Crippen MR) is 95.5 cm³/mol. The molecule has 0 saturated carbocycles. The van der Waals surface area contributed by atoms with Gasteiger partial charge in [0.25, 0.3) is 0 Å². The molecule has 1 aliphatic carbocycles. The highest BCUT2D eigenvalue weighted by Crippen LogP contribution is 2.41. The first kappa shape index (κ1) is 22.2. The number of rotatable bonds is 6. The van der Waals surface area contributed by atoms with Crippen LogP contribution in [0.1, 0.15) is 27.2 Å². The Kier molecular flexibility index (Phi) is 7.32. The van der Waals surface area contributed by atoms with Gasteiger partial charge in [0.2, 0.25) is 0 Å². The molecular weight excluding hydrogens is 356 g/mol. The van der Waals surface area contributed by atoms with Crippen molar-refractivity contribution < 1.29 is 39.8 Å². The molecule has 154 valence electrons. The van der Waals surface area contributed by atoms with Crippen LogP contribution in [0.25, 0.3) is 0 Å². The zero-order valence-electron chi connectivity index (χ0n) is 15.9. The number of carbonyl (C=O) groups is 1. The van der Waals surface area contributed by atoms with Gasteiger partial charge < -0.3 is 35.0 Å². The van der Waals surface area contributed by atoms with Crippen LogP contribution in [-0.2, 0) is 14.3 Å². The van der Waals surface area contributed by atoms with Crippen LogP contribution in [0.15, 0.2) is 23.8 Å². The summed E-state index contributed by atoms with van der Waals surface area (Å²) >= 11 is 0. The minimum atomic E-state index is -1.52. The summed E-state index contributed by atoms with van der Waals surface area (Å²) in [6.45, 7) is 4.93. The minimum Gasteiger partial charge on any atom is -0.394 e. The average Bonchev–Trinajstić information content (AvgIpc) is 2.57. The van der Waals surface area contributed by atoms with Gasteiger partial charge in [-0.05, 0) is 24.0 Å². The lowest BCUT2D eigenvalue weighted by atomic mass is 9.68. The summed E-state index contributed by atoms with van der Waals surface area (Å²) in [6.07, 6.45) is -2.11. The Hall–Kier alpha value is -1.13. The van der Waals surface area contributed by atoms with Crippen molar-refractivity contribution in [2.75, 3.05) is 13.2 Å². The summed E-state index contributed by atoms with van der Waals surface area (Å²) in [5.74, 6) is -0.219. The van der Waals surface area contributed by atoms with E-state index in [9.17, 15) is 30.3 Å². The molecule has 2 rings (SSSR count). The number of aliphatic hydroxyl groups excluding tert-OH is 5. The fourth-order valence-corrected chi connectivity index (χ4v) is 3.58. The molecule has 1 saturated heterocycles. The van der Waals surface area contributed by atoms with Crippen molar-refractivity contribution in [1.29, 1.82) is 0 Å². The second-order valence-electron chi connectivity index (χ2n) is 7.96. The molecule has 8 heteroatoms. The molecule has 0 amide bonds. The number of hydrogen-bond donors (Lipinski definition) is 5. The van der Waals surface area contributed by atoms with Gasteiger partial charge in [-0.3, -0.25) is 4.79 Å². The summed E-state index contributed by atoms with van der Waals surface area (Å²) in [7, 11) is 0. The fourth-order valence-electron chi connectivity index (χ4n) is 3.58. The topological polar surface area (TPSA) is 137 Å². The van der Waals surface area contributed by atoms with E-state index in [1.807, 2.05) is 19.9 Å². The Balaban J connectivity index is 2.14. The van der Waals surface area contributed by atoms with Crippen LogP contribution in [0.5, 0.6) is 0 Å². The van der Waals surface area contributed by atoms with Crippen molar-refractivity contribution in [3.63, 3.8) is 0 Å². The molecule has 1 heterocycles. The highest BCUT2D eigenvalue weighted by molar-refractivity contribution is 5.92. The van der Waals surface area contributed by atoms with Crippen LogP contribution in [0, 0.1) is 11.3 Å². The molecule has 8 nitrogen and oxygen atoms in total. The van der Waals surface area contributed by atoms with E-state index in [4.69, 9.17) is 9.47 Å². The highest BCUT2D eigenvalue weighted by Gasteiger charge is 2.44.